The summed E-state index contributed by atoms with van der Waals surface area (Å²) in [5.74, 6) is -0.0903. The molecule has 1 amide bonds. The van der Waals surface area contributed by atoms with E-state index in [9.17, 15) is 4.79 Å². The molecule has 5 heteroatoms. The Kier molecular flexibility index (Phi) is 5.97. The first-order valence-corrected chi connectivity index (χ1v) is 6.86. The molecule has 114 valence electrons. The number of pyridine rings is 1. The molecule has 0 aliphatic rings. The van der Waals surface area contributed by atoms with Crippen molar-refractivity contribution in [3.8, 4) is 0 Å². The Bertz CT molecular complexity index is 605. The van der Waals surface area contributed by atoms with E-state index in [1.165, 1.54) is 11.4 Å². The number of nitrogens with zero attached hydrogens (tertiary/aromatic N) is 2. The van der Waals surface area contributed by atoms with Crippen LogP contribution in [0.4, 0.5) is 0 Å². The summed E-state index contributed by atoms with van der Waals surface area (Å²) in [4.78, 5) is 16.0. The van der Waals surface area contributed by atoms with Gasteiger partial charge in [-0.3, -0.25) is 9.78 Å². The van der Waals surface area contributed by atoms with E-state index in [0.717, 1.165) is 5.56 Å². The topological polar surface area (TPSA) is 46.9 Å². The predicted octanol–water partition coefficient (Wildman–Crippen LogP) is 3.43. The fourth-order valence-electron chi connectivity index (χ4n) is 2.59. The Morgan fingerprint density at radius 2 is 2.10 bits per heavy atom. The molecule has 0 spiro atoms. The summed E-state index contributed by atoms with van der Waals surface area (Å²) < 4.78 is 2.28. The Morgan fingerprint density at radius 1 is 1.38 bits per heavy atom. The zero-order valence-corrected chi connectivity index (χ0v) is 13.7. The Balaban J connectivity index is 0.00000220. The van der Waals surface area contributed by atoms with E-state index in [2.05, 4.69) is 48.6 Å². The number of carbonyl (C=O) groups excluding carboxylic acids is 1. The Labute approximate surface area is 132 Å². The monoisotopic (exact) mass is 307 g/mol. The zero-order chi connectivity index (χ0) is 14.7. The number of aromatic nitrogens is 2. The van der Waals surface area contributed by atoms with Gasteiger partial charge in [0, 0.05) is 36.4 Å². The lowest BCUT2D eigenvalue weighted by molar-refractivity contribution is 0.0950. The molecule has 4 nitrogen and oxygen atoms in total. The maximum atomic E-state index is 12.0. The van der Waals surface area contributed by atoms with Crippen molar-refractivity contribution in [1.29, 1.82) is 0 Å². The van der Waals surface area contributed by atoms with Gasteiger partial charge in [-0.05, 0) is 51.5 Å². The molecule has 0 unspecified atom stereocenters. The first-order chi connectivity index (χ1) is 9.50. The maximum Gasteiger partial charge on any atom is 0.253 e. The number of aryl methyl sites for hydroxylation is 1. The van der Waals surface area contributed by atoms with Crippen LogP contribution in [0.25, 0.3) is 0 Å². The van der Waals surface area contributed by atoms with Crippen molar-refractivity contribution in [2.45, 2.75) is 40.3 Å². The van der Waals surface area contributed by atoms with Crippen LogP contribution in [0.2, 0.25) is 0 Å². The third kappa shape index (κ3) is 3.85. The van der Waals surface area contributed by atoms with Gasteiger partial charge in [-0.15, -0.1) is 12.4 Å². The number of amides is 1. The first-order valence-electron chi connectivity index (χ1n) is 6.86. The summed E-state index contributed by atoms with van der Waals surface area (Å²) in [6.07, 6.45) is 3.24. The quantitative estimate of drug-likeness (QED) is 0.940. The van der Waals surface area contributed by atoms with Gasteiger partial charge in [0.1, 0.15) is 0 Å². The lowest BCUT2D eigenvalue weighted by Crippen LogP contribution is -2.23. The van der Waals surface area contributed by atoms with Gasteiger partial charge in [0.25, 0.3) is 5.91 Å². The average Bonchev–Trinajstić information content (AvgIpc) is 2.71. The van der Waals surface area contributed by atoms with Crippen molar-refractivity contribution in [2.24, 2.45) is 0 Å². The number of hydrogen-bond donors (Lipinski definition) is 1. The Morgan fingerprint density at radius 3 is 2.62 bits per heavy atom. The lowest BCUT2D eigenvalue weighted by atomic mass is 10.2. The molecule has 0 fully saturated rings. The number of hydrogen-bond acceptors (Lipinski definition) is 2. The third-order valence-corrected chi connectivity index (χ3v) is 3.47. The van der Waals surface area contributed by atoms with E-state index in [4.69, 9.17) is 0 Å². The Hall–Kier alpha value is -1.81. The summed E-state index contributed by atoms with van der Waals surface area (Å²) >= 11 is 0. The van der Waals surface area contributed by atoms with Crippen molar-refractivity contribution in [2.75, 3.05) is 0 Å². The third-order valence-electron chi connectivity index (χ3n) is 3.47. The van der Waals surface area contributed by atoms with Gasteiger partial charge in [-0.1, -0.05) is 0 Å². The molecule has 0 aliphatic heterocycles. The summed E-state index contributed by atoms with van der Waals surface area (Å²) in [6, 6.07) is 6.09. The van der Waals surface area contributed by atoms with Crippen molar-refractivity contribution >= 4 is 18.3 Å². The molecule has 2 aromatic rings. The van der Waals surface area contributed by atoms with Crippen molar-refractivity contribution in [3.05, 3.63) is 53.1 Å². The van der Waals surface area contributed by atoms with Crippen molar-refractivity contribution < 1.29 is 4.79 Å². The standard InChI is InChI=1S/C16H21N3O.ClH/c1-11(2)19-12(3)8-15(13(19)4)10-18-16(20)14-6-5-7-17-9-14;/h5-9,11H,10H2,1-4H3,(H,18,20);1H. The van der Waals surface area contributed by atoms with Gasteiger partial charge in [0.05, 0.1) is 5.56 Å². The van der Waals surface area contributed by atoms with Crippen LogP contribution in [-0.2, 0) is 6.54 Å². The van der Waals surface area contributed by atoms with E-state index in [1.54, 1.807) is 24.5 Å². The maximum absolute atomic E-state index is 12.0. The molecular weight excluding hydrogens is 286 g/mol. The largest absolute Gasteiger partial charge is 0.348 e. The minimum atomic E-state index is -0.0903. The summed E-state index contributed by atoms with van der Waals surface area (Å²) in [5.41, 5.74) is 4.19. The van der Waals surface area contributed by atoms with Crippen LogP contribution in [0.3, 0.4) is 0 Å². The molecule has 0 bridgehead atoms. The fourth-order valence-corrected chi connectivity index (χ4v) is 2.59. The van der Waals surface area contributed by atoms with Gasteiger partial charge < -0.3 is 9.88 Å². The second-order valence-corrected chi connectivity index (χ2v) is 5.28. The van der Waals surface area contributed by atoms with Crippen LogP contribution >= 0.6 is 12.4 Å². The normalized spacial score (nSPS) is 10.3. The summed E-state index contributed by atoms with van der Waals surface area (Å²) in [7, 11) is 0. The second kappa shape index (κ2) is 7.27. The molecule has 0 saturated carbocycles. The zero-order valence-electron chi connectivity index (χ0n) is 12.9. The number of nitrogens with one attached hydrogen (secondary N) is 1. The van der Waals surface area contributed by atoms with Crippen molar-refractivity contribution in [3.63, 3.8) is 0 Å². The first kappa shape index (κ1) is 17.2. The summed E-state index contributed by atoms with van der Waals surface area (Å²) in [6.45, 7) is 9.06. The molecule has 21 heavy (non-hydrogen) atoms. The SMILES string of the molecule is Cc1cc(CNC(=O)c2cccnc2)c(C)n1C(C)C.Cl. The summed E-state index contributed by atoms with van der Waals surface area (Å²) in [5, 5.41) is 2.94. The molecule has 2 aromatic heterocycles. The molecule has 2 heterocycles. The molecule has 0 atom stereocenters. The highest BCUT2D eigenvalue weighted by molar-refractivity contribution is 5.93. The molecule has 2 rings (SSSR count). The van der Waals surface area contributed by atoms with Crippen LogP contribution in [0.5, 0.6) is 0 Å². The minimum Gasteiger partial charge on any atom is -0.348 e. The highest BCUT2D eigenvalue weighted by Gasteiger charge is 2.12. The fraction of sp³-hybridized carbons (Fsp3) is 0.375. The van der Waals surface area contributed by atoms with E-state index in [0.29, 0.717) is 18.2 Å². The van der Waals surface area contributed by atoms with Gasteiger partial charge in [0.2, 0.25) is 0 Å². The van der Waals surface area contributed by atoms with Gasteiger partial charge >= 0.3 is 0 Å². The van der Waals surface area contributed by atoms with Crippen molar-refractivity contribution in [1.82, 2.24) is 14.9 Å². The van der Waals surface area contributed by atoms with E-state index in [1.807, 2.05) is 0 Å². The van der Waals surface area contributed by atoms with Crippen LogP contribution in [0.1, 0.15) is 47.2 Å². The molecular formula is C16H22ClN3O. The minimum absolute atomic E-state index is 0. The van der Waals surface area contributed by atoms with Gasteiger partial charge in [-0.25, -0.2) is 0 Å². The van der Waals surface area contributed by atoms with E-state index >= 15 is 0 Å². The molecule has 0 aliphatic carbocycles. The van der Waals surface area contributed by atoms with Gasteiger partial charge in [-0.2, -0.15) is 0 Å². The number of rotatable bonds is 4. The molecule has 0 radical (unpaired) electrons. The molecule has 0 aromatic carbocycles. The highest BCUT2D eigenvalue weighted by atomic mass is 35.5. The van der Waals surface area contributed by atoms with Crippen LogP contribution in [0.15, 0.2) is 30.6 Å². The van der Waals surface area contributed by atoms with E-state index < -0.39 is 0 Å². The van der Waals surface area contributed by atoms with E-state index in [-0.39, 0.29) is 18.3 Å². The molecule has 1 N–H and O–H groups in total. The van der Waals surface area contributed by atoms with Crippen LogP contribution in [0, 0.1) is 13.8 Å². The molecule has 0 saturated heterocycles. The second-order valence-electron chi connectivity index (χ2n) is 5.28. The lowest BCUT2D eigenvalue weighted by Gasteiger charge is -2.14. The van der Waals surface area contributed by atoms with Crippen LogP contribution < -0.4 is 5.32 Å². The average molecular weight is 308 g/mol. The van der Waals surface area contributed by atoms with Crippen LogP contribution in [-0.4, -0.2) is 15.5 Å². The smallest absolute Gasteiger partial charge is 0.253 e. The number of carbonyl (C=O) groups is 1. The van der Waals surface area contributed by atoms with Gasteiger partial charge in [0.15, 0.2) is 0 Å². The predicted molar refractivity (Wildman–Crippen MR) is 86.9 cm³/mol. The highest BCUT2D eigenvalue weighted by Crippen LogP contribution is 2.19. The number of halogens is 1.